The smallest absolute Gasteiger partial charge is 0.0623 e. The molecule has 7 aliphatic rings. The van der Waals surface area contributed by atoms with Gasteiger partial charge in [0.1, 0.15) is 8.07 Å². The summed E-state index contributed by atoms with van der Waals surface area (Å²) in [4.78, 5) is 0. The highest BCUT2D eigenvalue weighted by atomic mass is 28.3. The van der Waals surface area contributed by atoms with Crippen LogP contribution in [0.5, 0.6) is 0 Å². The molecule has 17 rings (SSSR count). The summed E-state index contributed by atoms with van der Waals surface area (Å²) in [5, 5.41) is 8.46. The molecule has 0 amide bonds. The van der Waals surface area contributed by atoms with Crippen LogP contribution in [0.1, 0.15) is 90.4 Å². The Labute approximate surface area is 369 Å². The van der Waals surface area contributed by atoms with Gasteiger partial charge in [0.15, 0.2) is 0 Å². The minimum Gasteiger partial charge on any atom is -0.0623 e. The van der Waals surface area contributed by atoms with Gasteiger partial charge >= 0.3 is 0 Å². The van der Waals surface area contributed by atoms with Crippen LogP contribution in [-0.4, -0.2) is 8.07 Å². The Morgan fingerprint density at radius 3 is 1.06 bits per heavy atom. The highest BCUT2D eigenvalue weighted by Crippen LogP contribution is 2.59. The summed E-state index contributed by atoms with van der Waals surface area (Å²) in [7, 11) is -2.00. The maximum Gasteiger partial charge on any atom is 0.113 e. The molecule has 0 nitrogen and oxygen atoms in total. The van der Waals surface area contributed by atoms with Crippen molar-refractivity contribution >= 4 is 40.0 Å². The van der Waals surface area contributed by atoms with Crippen molar-refractivity contribution < 1.29 is 0 Å². The van der Waals surface area contributed by atoms with Crippen molar-refractivity contribution in [3.8, 4) is 33.4 Å². The Kier molecular flexibility index (Phi) is 6.63. The molecule has 0 aromatic heterocycles. The highest BCUT2D eigenvalue weighted by Gasteiger charge is 2.43. The van der Waals surface area contributed by atoms with E-state index in [-0.39, 0.29) is 23.7 Å². The molecule has 0 spiro atoms. The third kappa shape index (κ3) is 4.31. The summed E-state index contributed by atoms with van der Waals surface area (Å²) in [6.07, 6.45) is 0. The molecular formula is C62H42Si. The fourth-order valence-electron chi connectivity index (χ4n) is 13.6. The number of benzene rings is 10. The summed E-state index contributed by atoms with van der Waals surface area (Å²) < 4.78 is 0. The van der Waals surface area contributed by atoms with Crippen LogP contribution in [-0.2, 0) is 0 Å². The van der Waals surface area contributed by atoms with Gasteiger partial charge in [-0.2, -0.15) is 0 Å². The standard InChI is InChI=1S/C62H42Si/c1-63(2)55-26-14-13-15-37(55)50-33-53-54(34-56(50)63)58(36-28-30-49-52(32-36)62-46-24-11-7-20-42(46)60(49)43-21-8-12-25-47(43)62)39-17-4-3-16-38(39)57(53)35-27-29-48-51(31-35)61-44-22-9-5-18-40(44)59(48)41-19-6-10-23-45(41)61/h3-34,59-62H,1-2H3. The predicted octanol–water partition coefficient (Wildman–Crippen LogP) is 14.1. The minimum atomic E-state index is -2.00. The molecule has 4 bridgehead atoms. The fraction of sp³-hybridized carbons (Fsp3) is 0.0968. The van der Waals surface area contributed by atoms with Gasteiger partial charge in [0, 0.05) is 23.7 Å². The summed E-state index contributed by atoms with van der Waals surface area (Å²) in [5.74, 6) is 0.958. The van der Waals surface area contributed by atoms with E-state index < -0.39 is 8.07 Å². The van der Waals surface area contributed by atoms with Gasteiger partial charge in [-0.1, -0.05) is 189 Å². The van der Waals surface area contributed by atoms with Gasteiger partial charge in [0.05, 0.1) is 0 Å². The van der Waals surface area contributed by atoms with Gasteiger partial charge in [0.25, 0.3) is 0 Å². The van der Waals surface area contributed by atoms with E-state index in [0.29, 0.717) is 0 Å². The average Bonchev–Trinajstić information content (AvgIpc) is 3.56. The van der Waals surface area contributed by atoms with Crippen LogP contribution in [0.25, 0.3) is 54.9 Å². The molecule has 10 aromatic carbocycles. The van der Waals surface area contributed by atoms with Gasteiger partial charge < -0.3 is 0 Å². The fourth-order valence-corrected chi connectivity index (χ4v) is 16.7. The van der Waals surface area contributed by atoms with E-state index in [2.05, 4.69) is 207 Å². The number of hydrogen-bond acceptors (Lipinski definition) is 0. The molecule has 63 heavy (non-hydrogen) atoms. The van der Waals surface area contributed by atoms with Crippen molar-refractivity contribution in [2.75, 3.05) is 0 Å². The molecule has 0 atom stereocenters. The lowest BCUT2D eigenvalue weighted by Gasteiger charge is -2.42. The van der Waals surface area contributed by atoms with Crippen LogP contribution in [0.3, 0.4) is 0 Å². The van der Waals surface area contributed by atoms with E-state index in [1.165, 1.54) is 122 Å². The first-order chi connectivity index (χ1) is 31.0. The molecular weight excluding hydrogens is 773 g/mol. The monoisotopic (exact) mass is 814 g/mol. The summed E-state index contributed by atoms with van der Waals surface area (Å²) in [6.45, 7) is 5.12. The molecule has 6 aliphatic carbocycles. The maximum absolute atomic E-state index is 2.66. The Balaban J connectivity index is 1.02. The van der Waals surface area contributed by atoms with Crippen LogP contribution in [0, 0.1) is 0 Å². The largest absolute Gasteiger partial charge is 0.113 e. The molecule has 0 saturated carbocycles. The average molecular weight is 815 g/mol. The van der Waals surface area contributed by atoms with Crippen LogP contribution in [0.4, 0.5) is 0 Å². The zero-order valence-electron chi connectivity index (χ0n) is 35.3. The molecule has 1 heteroatoms. The SMILES string of the molecule is C[Si]1(C)c2ccccc2-c2cc3c(-c4ccc5c(c4)C4c6ccccc6C5c5ccccc54)c4ccccc4c(-c4ccc5c(c4)C4c6ccccc6C5c5ccccc54)c3cc21. The van der Waals surface area contributed by atoms with E-state index >= 15 is 0 Å². The first-order valence-corrected chi connectivity index (χ1v) is 25.8. The van der Waals surface area contributed by atoms with Gasteiger partial charge in [-0.15, -0.1) is 0 Å². The molecule has 0 unspecified atom stereocenters. The Bertz CT molecular complexity index is 3600. The number of rotatable bonds is 2. The van der Waals surface area contributed by atoms with E-state index in [4.69, 9.17) is 0 Å². The van der Waals surface area contributed by atoms with Gasteiger partial charge in [0.2, 0.25) is 0 Å². The second kappa shape index (κ2) is 12.1. The molecule has 0 radical (unpaired) electrons. The minimum absolute atomic E-state index is 0.221. The van der Waals surface area contributed by atoms with Gasteiger partial charge in [-0.05, 0) is 150 Å². The Hall–Kier alpha value is -7.06. The number of fused-ring (bicyclic) bond motifs is 5. The van der Waals surface area contributed by atoms with Crippen LogP contribution in [0.15, 0.2) is 194 Å². The molecule has 0 saturated heterocycles. The highest BCUT2D eigenvalue weighted by molar-refractivity contribution is 7.04. The van der Waals surface area contributed by atoms with Crippen molar-refractivity contribution in [1.82, 2.24) is 0 Å². The molecule has 0 N–H and O–H groups in total. The second-order valence-corrected chi connectivity index (χ2v) is 23.7. The van der Waals surface area contributed by atoms with Crippen molar-refractivity contribution in [2.45, 2.75) is 36.8 Å². The third-order valence-electron chi connectivity index (χ3n) is 16.2. The first-order valence-electron chi connectivity index (χ1n) is 22.8. The van der Waals surface area contributed by atoms with Crippen LogP contribution >= 0.6 is 0 Å². The van der Waals surface area contributed by atoms with Crippen LogP contribution < -0.4 is 10.4 Å². The molecule has 1 heterocycles. The van der Waals surface area contributed by atoms with Gasteiger partial charge in [-0.3, -0.25) is 0 Å². The van der Waals surface area contributed by atoms with Crippen LogP contribution in [0.2, 0.25) is 13.1 Å². The lowest BCUT2D eigenvalue weighted by atomic mass is 9.61. The lowest BCUT2D eigenvalue weighted by Crippen LogP contribution is -2.49. The lowest BCUT2D eigenvalue weighted by molar-refractivity contribution is 0.755. The van der Waals surface area contributed by atoms with Crippen molar-refractivity contribution in [3.05, 3.63) is 261 Å². The molecule has 0 fully saturated rings. The third-order valence-corrected chi connectivity index (χ3v) is 19.7. The molecule has 10 aromatic rings. The quantitative estimate of drug-likeness (QED) is 0.120. The Morgan fingerprint density at radius 2 is 0.619 bits per heavy atom. The zero-order valence-corrected chi connectivity index (χ0v) is 36.3. The summed E-state index contributed by atoms with van der Waals surface area (Å²) in [5.41, 5.74) is 25.7. The normalized spacial score (nSPS) is 19.4. The summed E-state index contributed by atoms with van der Waals surface area (Å²) >= 11 is 0. The predicted molar refractivity (Wildman–Crippen MR) is 264 cm³/mol. The Morgan fingerprint density at radius 1 is 0.270 bits per heavy atom. The topological polar surface area (TPSA) is 0 Å². The number of hydrogen-bond donors (Lipinski definition) is 0. The zero-order chi connectivity index (χ0) is 41.3. The van der Waals surface area contributed by atoms with Gasteiger partial charge in [-0.25, -0.2) is 0 Å². The van der Waals surface area contributed by atoms with E-state index in [1.54, 1.807) is 10.4 Å². The van der Waals surface area contributed by atoms with Crippen molar-refractivity contribution in [2.24, 2.45) is 0 Å². The van der Waals surface area contributed by atoms with E-state index in [1.807, 2.05) is 0 Å². The first kappa shape index (κ1) is 34.5. The van der Waals surface area contributed by atoms with E-state index in [0.717, 1.165) is 0 Å². The maximum atomic E-state index is 2.66. The van der Waals surface area contributed by atoms with E-state index in [9.17, 15) is 0 Å². The second-order valence-electron chi connectivity index (χ2n) is 19.3. The van der Waals surface area contributed by atoms with Crippen molar-refractivity contribution in [1.29, 1.82) is 0 Å². The molecule has 1 aliphatic heterocycles. The summed E-state index contributed by atoms with van der Waals surface area (Å²) in [6, 6.07) is 75.8. The van der Waals surface area contributed by atoms with Crippen molar-refractivity contribution in [3.63, 3.8) is 0 Å². The molecule has 294 valence electrons.